The molecule has 0 fully saturated rings. The second kappa shape index (κ2) is 10.5. The summed E-state index contributed by atoms with van der Waals surface area (Å²) in [5.74, 6) is -0.394. The van der Waals surface area contributed by atoms with Crippen LogP contribution in [0.4, 0.5) is 10.1 Å². The van der Waals surface area contributed by atoms with Gasteiger partial charge in [-0.15, -0.1) is 0 Å². The summed E-state index contributed by atoms with van der Waals surface area (Å²) < 4.78 is 20.0. The van der Waals surface area contributed by atoms with Crippen molar-refractivity contribution in [2.24, 2.45) is 5.10 Å². The number of nitrogens with zero attached hydrogens (tertiary/aromatic N) is 1. The molecule has 0 aromatic heterocycles. The molecule has 0 saturated heterocycles. The van der Waals surface area contributed by atoms with E-state index in [0.29, 0.717) is 27.0 Å². The van der Waals surface area contributed by atoms with E-state index in [9.17, 15) is 14.0 Å². The zero-order chi connectivity index (χ0) is 22.2. The van der Waals surface area contributed by atoms with Gasteiger partial charge in [0.05, 0.1) is 10.7 Å². The van der Waals surface area contributed by atoms with E-state index in [1.807, 2.05) is 0 Å². The first-order valence-corrected chi connectivity index (χ1v) is 10.1. The fourth-order valence-electron chi connectivity index (χ4n) is 2.66. The van der Waals surface area contributed by atoms with Crippen LogP contribution in [0, 0.1) is 5.82 Å². The number of halogens is 2. The molecule has 158 valence electrons. The van der Waals surface area contributed by atoms with Crippen LogP contribution < -0.4 is 15.5 Å². The first kappa shape index (κ1) is 22.2. The van der Waals surface area contributed by atoms with Crippen molar-refractivity contribution in [3.63, 3.8) is 0 Å². The molecular weight excluding hydrogens is 465 g/mol. The summed E-state index contributed by atoms with van der Waals surface area (Å²) >= 11 is 3.42. The van der Waals surface area contributed by atoms with Crippen LogP contribution in [0.25, 0.3) is 0 Å². The summed E-state index contributed by atoms with van der Waals surface area (Å²) in [6.45, 7) is 1.50. The highest BCUT2D eigenvalue weighted by molar-refractivity contribution is 9.10. The first-order valence-electron chi connectivity index (χ1n) is 9.29. The van der Waals surface area contributed by atoms with E-state index in [1.54, 1.807) is 60.7 Å². The van der Waals surface area contributed by atoms with E-state index in [0.717, 1.165) is 5.56 Å². The lowest BCUT2D eigenvalue weighted by molar-refractivity contribution is -0.114. The number of hydrogen-bond donors (Lipinski definition) is 2. The van der Waals surface area contributed by atoms with Crippen LogP contribution in [0.1, 0.15) is 28.4 Å². The molecule has 0 aliphatic carbocycles. The van der Waals surface area contributed by atoms with Crippen LogP contribution in [-0.2, 0) is 11.4 Å². The Labute approximate surface area is 187 Å². The van der Waals surface area contributed by atoms with Gasteiger partial charge in [-0.1, -0.05) is 24.3 Å². The van der Waals surface area contributed by atoms with Crippen LogP contribution in [0.2, 0.25) is 0 Å². The van der Waals surface area contributed by atoms with E-state index >= 15 is 0 Å². The summed E-state index contributed by atoms with van der Waals surface area (Å²) in [5, 5.41) is 6.58. The van der Waals surface area contributed by atoms with Gasteiger partial charge in [0.1, 0.15) is 18.2 Å². The summed E-state index contributed by atoms with van der Waals surface area (Å²) in [6, 6.07) is 18.2. The minimum Gasteiger partial charge on any atom is -0.488 e. The molecule has 3 aromatic rings. The highest BCUT2D eigenvalue weighted by Gasteiger charge is 2.07. The standard InChI is InChI=1S/C23H19BrFN3O3/c1-15(29)27-19-7-4-6-17(12-19)23(30)28-26-13-16-9-10-22(20(24)11-16)31-14-18-5-2-3-8-21(18)25/h2-13H,14H2,1H3,(H,27,29)(H,28,30). The smallest absolute Gasteiger partial charge is 0.271 e. The van der Waals surface area contributed by atoms with Gasteiger partial charge in [-0.2, -0.15) is 5.10 Å². The van der Waals surface area contributed by atoms with Crippen molar-refractivity contribution < 1.29 is 18.7 Å². The molecule has 0 heterocycles. The van der Waals surface area contributed by atoms with E-state index in [2.05, 4.69) is 31.8 Å². The van der Waals surface area contributed by atoms with Gasteiger partial charge in [-0.25, -0.2) is 9.82 Å². The van der Waals surface area contributed by atoms with Gasteiger partial charge in [-0.3, -0.25) is 9.59 Å². The third-order valence-corrected chi connectivity index (χ3v) is 4.74. The quantitative estimate of drug-likeness (QED) is 0.370. The number of hydrogen-bond acceptors (Lipinski definition) is 4. The molecule has 2 amide bonds. The van der Waals surface area contributed by atoms with E-state index in [-0.39, 0.29) is 18.3 Å². The molecule has 0 aliphatic rings. The van der Waals surface area contributed by atoms with Gasteiger partial charge in [0.15, 0.2) is 0 Å². The van der Waals surface area contributed by atoms with E-state index < -0.39 is 5.91 Å². The Morgan fingerprint density at radius 2 is 1.90 bits per heavy atom. The van der Waals surface area contributed by atoms with Crippen LogP contribution in [-0.4, -0.2) is 18.0 Å². The van der Waals surface area contributed by atoms with Gasteiger partial charge in [-0.05, 0) is 64.0 Å². The van der Waals surface area contributed by atoms with Crippen molar-refractivity contribution in [3.8, 4) is 5.75 Å². The summed E-state index contributed by atoms with van der Waals surface area (Å²) in [7, 11) is 0. The molecule has 31 heavy (non-hydrogen) atoms. The average Bonchev–Trinajstić information content (AvgIpc) is 2.74. The molecule has 2 N–H and O–H groups in total. The normalized spacial score (nSPS) is 10.7. The summed E-state index contributed by atoms with van der Waals surface area (Å²) in [5.41, 5.74) is 4.52. The molecule has 0 spiro atoms. The average molecular weight is 484 g/mol. The molecule has 0 bridgehead atoms. The third-order valence-electron chi connectivity index (χ3n) is 4.12. The second-order valence-corrected chi connectivity index (χ2v) is 7.39. The van der Waals surface area contributed by atoms with Crippen molar-refractivity contribution in [2.45, 2.75) is 13.5 Å². The molecule has 0 aliphatic heterocycles. The summed E-state index contributed by atoms with van der Waals surface area (Å²) in [6.07, 6.45) is 1.49. The lowest BCUT2D eigenvalue weighted by atomic mass is 10.2. The Kier molecular flexibility index (Phi) is 7.50. The first-order chi connectivity index (χ1) is 14.9. The molecular formula is C23H19BrFN3O3. The zero-order valence-corrected chi connectivity index (χ0v) is 18.1. The van der Waals surface area contributed by atoms with Crippen LogP contribution >= 0.6 is 15.9 Å². The highest BCUT2D eigenvalue weighted by Crippen LogP contribution is 2.26. The van der Waals surface area contributed by atoms with Crippen LogP contribution in [0.5, 0.6) is 5.75 Å². The van der Waals surface area contributed by atoms with Crippen molar-refractivity contribution >= 4 is 39.6 Å². The third kappa shape index (κ3) is 6.48. The molecule has 0 radical (unpaired) electrons. The van der Waals surface area contributed by atoms with E-state index in [1.165, 1.54) is 19.2 Å². The SMILES string of the molecule is CC(=O)Nc1cccc(C(=O)NN=Cc2ccc(OCc3ccccc3F)c(Br)c2)c1. The number of amides is 2. The van der Waals surface area contributed by atoms with E-state index in [4.69, 9.17) is 4.74 Å². The minimum absolute atomic E-state index is 0.103. The highest BCUT2D eigenvalue weighted by atomic mass is 79.9. The number of ether oxygens (including phenoxy) is 1. The van der Waals surface area contributed by atoms with Gasteiger partial charge in [0, 0.05) is 23.7 Å². The largest absolute Gasteiger partial charge is 0.488 e. The van der Waals surface area contributed by atoms with Crippen LogP contribution in [0.3, 0.4) is 0 Å². The molecule has 3 aromatic carbocycles. The van der Waals surface area contributed by atoms with Gasteiger partial charge < -0.3 is 10.1 Å². The number of carbonyl (C=O) groups excluding carboxylic acids is 2. The van der Waals surface area contributed by atoms with Gasteiger partial charge in [0.25, 0.3) is 5.91 Å². The Bertz CT molecular complexity index is 1130. The van der Waals surface area contributed by atoms with Crippen LogP contribution in [0.15, 0.2) is 76.3 Å². The molecule has 8 heteroatoms. The molecule has 6 nitrogen and oxygen atoms in total. The Hall–Kier alpha value is -3.52. The number of nitrogens with one attached hydrogen (secondary N) is 2. The van der Waals surface area contributed by atoms with Gasteiger partial charge in [0.2, 0.25) is 5.91 Å². The molecule has 0 unspecified atom stereocenters. The van der Waals surface area contributed by atoms with Gasteiger partial charge >= 0.3 is 0 Å². The van der Waals surface area contributed by atoms with Crippen molar-refractivity contribution in [3.05, 3.63) is 93.7 Å². The maximum absolute atomic E-state index is 13.7. The predicted molar refractivity (Wildman–Crippen MR) is 121 cm³/mol. The Morgan fingerprint density at radius 3 is 2.65 bits per heavy atom. The molecule has 0 atom stereocenters. The maximum Gasteiger partial charge on any atom is 0.271 e. The fraction of sp³-hybridized carbons (Fsp3) is 0.0870. The number of anilines is 1. The zero-order valence-electron chi connectivity index (χ0n) is 16.6. The monoisotopic (exact) mass is 483 g/mol. The number of rotatable bonds is 7. The number of benzene rings is 3. The lowest BCUT2D eigenvalue weighted by Gasteiger charge is -2.09. The Morgan fingerprint density at radius 1 is 1.10 bits per heavy atom. The molecule has 0 saturated carbocycles. The minimum atomic E-state index is -0.410. The topological polar surface area (TPSA) is 79.8 Å². The van der Waals surface area contributed by atoms with Crippen molar-refractivity contribution in [2.75, 3.05) is 5.32 Å². The fourth-order valence-corrected chi connectivity index (χ4v) is 3.17. The predicted octanol–water partition coefficient (Wildman–Crippen LogP) is 4.89. The maximum atomic E-state index is 13.7. The molecule has 3 rings (SSSR count). The number of hydrazone groups is 1. The van der Waals surface area contributed by atoms with Crippen molar-refractivity contribution in [1.82, 2.24) is 5.43 Å². The second-order valence-electron chi connectivity index (χ2n) is 6.53. The van der Waals surface area contributed by atoms with Crippen molar-refractivity contribution in [1.29, 1.82) is 0 Å². The summed E-state index contributed by atoms with van der Waals surface area (Å²) in [4.78, 5) is 23.4. The lowest BCUT2D eigenvalue weighted by Crippen LogP contribution is -2.18. The Balaban J connectivity index is 1.59. The number of carbonyl (C=O) groups is 2.